The van der Waals surface area contributed by atoms with Crippen LogP contribution in [0.15, 0.2) is 21.9 Å². The molecule has 22 heavy (non-hydrogen) atoms. The number of nitrogens with zero attached hydrogens (tertiary/aromatic N) is 4. The van der Waals surface area contributed by atoms with Crippen molar-refractivity contribution in [1.29, 1.82) is 5.26 Å². The molecule has 0 aliphatic carbocycles. The third-order valence-corrected chi connectivity index (χ3v) is 3.74. The fourth-order valence-corrected chi connectivity index (χ4v) is 2.59. The molecule has 3 rings (SSSR count). The zero-order valence-corrected chi connectivity index (χ0v) is 12.0. The van der Waals surface area contributed by atoms with Crippen LogP contribution in [0.5, 0.6) is 0 Å². The molecule has 2 N–H and O–H groups in total. The second kappa shape index (κ2) is 5.44. The number of nitriles is 1. The van der Waals surface area contributed by atoms with Gasteiger partial charge in [-0.15, -0.1) is 10.2 Å². The fraction of sp³-hybridized carbons (Fsp3) is 0.357. The molecule has 0 amide bonds. The van der Waals surface area contributed by atoms with Crippen molar-refractivity contribution in [3.63, 3.8) is 0 Å². The van der Waals surface area contributed by atoms with E-state index >= 15 is 0 Å². The van der Waals surface area contributed by atoms with Gasteiger partial charge in [-0.25, -0.2) is 4.79 Å². The summed E-state index contributed by atoms with van der Waals surface area (Å²) in [4.78, 5) is 29.6. The summed E-state index contributed by atoms with van der Waals surface area (Å²) in [5, 5.41) is 17.0. The molecule has 0 bridgehead atoms. The van der Waals surface area contributed by atoms with E-state index in [1.807, 2.05) is 6.07 Å². The first kappa shape index (κ1) is 14.0. The lowest BCUT2D eigenvalue weighted by molar-refractivity contribution is 0.659. The van der Waals surface area contributed by atoms with Gasteiger partial charge in [0.2, 0.25) is 0 Å². The van der Waals surface area contributed by atoms with Gasteiger partial charge in [0.15, 0.2) is 5.69 Å². The van der Waals surface area contributed by atoms with Crippen LogP contribution in [0.3, 0.4) is 0 Å². The lowest BCUT2D eigenvalue weighted by Crippen LogP contribution is -2.24. The molecule has 1 aliphatic heterocycles. The average molecular weight is 298 g/mol. The summed E-state index contributed by atoms with van der Waals surface area (Å²) >= 11 is 0. The largest absolute Gasteiger partial charge is 0.369 e. The minimum Gasteiger partial charge on any atom is -0.369 e. The molecule has 0 unspecified atom stereocenters. The van der Waals surface area contributed by atoms with E-state index in [0.29, 0.717) is 17.3 Å². The van der Waals surface area contributed by atoms with Gasteiger partial charge in [-0.2, -0.15) is 5.26 Å². The molecular formula is C14H14N6O2. The molecule has 1 aliphatic rings. The quantitative estimate of drug-likeness (QED) is 0.819. The second-order valence-corrected chi connectivity index (χ2v) is 5.40. The highest BCUT2D eigenvalue weighted by Crippen LogP contribution is 2.27. The van der Waals surface area contributed by atoms with Crippen molar-refractivity contribution < 1.29 is 0 Å². The number of rotatable bonds is 2. The molecule has 2 aromatic rings. The van der Waals surface area contributed by atoms with Crippen molar-refractivity contribution in [3.05, 3.63) is 38.8 Å². The Kier molecular flexibility index (Phi) is 3.47. The Morgan fingerprint density at radius 3 is 2.86 bits per heavy atom. The molecule has 2 aromatic heterocycles. The second-order valence-electron chi connectivity index (χ2n) is 5.40. The third kappa shape index (κ3) is 2.48. The van der Waals surface area contributed by atoms with Crippen LogP contribution in [0.2, 0.25) is 0 Å². The molecule has 0 radical (unpaired) electrons. The van der Waals surface area contributed by atoms with Crippen LogP contribution in [-0.4, -0.2) is 33.3 Å². The zero-order chi connectivity index (χ0) is 15.7. The Hall–Kier alpha value is -2.95. The molecule has 8 heteroatoms. The Balaban J connectivity index is 2.09. The van der Waals surface area contributed by atoms with Gasteiger partial charge in [-0.1, -0.05) is 6.92 Å². The summed E-state index contributed by atoms with van der Waals surface area (Å²) in [7, 11) is 0. The van der Waals surface area contributed by atoms with Gasteiger partial charge in [0.05, 0.1) is 11.3 Å². The molecule has 3 heterocycles. The van der Waals surface area contributed by atoms with Crippen LogP contribution in [0.4, 0.5) is 5.69 Å². The number of H-pyrrole nitrogens is 2. The number of hydrogen-bond donors (Lipinski definition) is 2. The first-order chi connectivity index (χ1) is 10.6. The van der Waals surface area contributed by atoms with Crippen molar-refractivity contribution in [2.24, 2.45) is 5.92 Å². The van der Waals surface area contributed by atoms with Crippen LogP contribution >= 0.6 is 0 Å². The molecule has 1 saturated heterocycles. The van der Waals surface area contributed by atoms with Crippen LogP contribution in [0, 0.1) is 17.2 Å². The predicted octanol–water partition coefficient (Wildman–Crippen LogP) is 0.238. The minimum atomic E-state index is -0.580. The minimum absolute atomic E-state index is 0.213. The first-order valence-electron chi connectivity index (χ1n) is 6.93. The van der Waals surface area contributed by atoms with Gasteiger partial charge in [0.1, 0.15) is 11.8 Å². The number of aromatic nitrogens is 4. The Morgan fingerprint density at radius 2 is 2.23 bits per heavy atom. The maximum Gasteiger partial charge on any atom is 0.325 e. The van der Waals surface area contributed by atoms with Gasteiger partial charge >= 0.3 is 5.69 Å². The Morgan fingerprint density at radius 1 is 1.41 bits per heavy atom. The zero-order valence-electron chi connectivity index (χ0n) is 12.0. The van der Waals surface area contributed by atoms with Gasteiger partial charge in [0.25, 0.3) is 5.56 Å². The molecule has 0 aromatic carbocycles. The number of hydrogen-bond acceptors (Lipinski definition) is 6. The van der Waals surface area contributed by atoms with Gasteiger partial charge in [0, 0.05) is 19.3 Å². The van der Waals surface area contributed by atoms with E-state index in [4.69, 9.17) is 0 Å². The highest BCUT2D eigenvalue weighted by atomic mass is 16.2. The van der Waals surface area contributed by atoms with Crippen molar-refractivity contribution in [3.8, 4) is 17.3 Å². The van der Waals surface area contributed by atoms with E-state index in [-0.39, 0.29) is 11.3 Å². The number of anilines is 1. The summed E-state index contributed by atoms with van der Waals surface area (Å²) in [5.41, 5.74) is 0.324. The fourth-order valence-electron chi connectivity index (χ4n) is 2.59. The van der Waals surface area contributed by atoms with Crippen molar-refractivity contribution in [2.75, 3.05) is 18.0 Å². The van der Waals surface area contributed by atoms with E-state index in [2.05, 4.69) is 32.0 Å². The van der Waals surface area contributed by atoms with Gasteiger partial charge < -0.3 is 9.88 Å². The predicted molar refractivity (Wildman–Crippen MR) is 79.4 cm³/mol. The third-order valence-electron chi connectivity index (χ3n) is 3.74. The maximum atomic E-state index is 11.9. The maximum absolute atomic E-state index is 11.9. The monoisotopic (exact) mass is 298 g/mol. The van der Waals surface area contributed by atoms with Crippen molar-refractivity contribution >= 4 is 5.69 Å². The smallest absolute Gasteiger partial charge is 0.325 e. The van der Waals surface area contributed by atoms with Crippen LogP contribution in [-0.2, 0) is 0 Å². The summed E-state index contributed by atoms with van der Waals surface area (Å²) in [6.07, 6.45) is 2.34. The average Bonchev–Trinajstić information content (AvgIpc) is 2.93. The topological polar surface area (TPSA) is 119 Å². The Labute approximate surface area is 125 Å². The summed E-state index contributed by atoms with van der Waals surface area (Å²) < 4.78 is 0. The van der Waals surface area contributed by atoms with Crippen molar-refractivity contribution in [1.82, 2.24) is 20.2 Å². The lowest BCUT2D eigenvalue weighted by Gasteiger charge is -2.19. The molecule has 0 spiro atoms. The molecule has 8 nitrogen and oxygen atoms in total. The van der Waals surface area contributed by atoms with Crippen LogP contribution < -0.4 is 16.1 Å². The number of nitrogens with one attached hydrogen (secondary N) is 2. The first-order valence-corrected chi connectivity index (χ1v) is 6.93. The van der Waals surface area contributed by atoms with Gasteiger partial charge in [-0.05, 0) is 18.4 Å². The van der Waals surface area contributed by atoms with Crippen molar-refractivity contribution in [2.45, 2.75) is 13.3 Å². The molecule has 0 saturated carbocycles. The highest BCUT2D eigenvalue weighted by molar-refractivity contribution is 5.66. The van der Waals surface area contributed by atoms with Crippen LogP contribution in [0.1, 0.15) is 19.0 Å². The standard InChI is InChI=1S/C14H14N6O2/c1-8-2-3-20(7-8)12-4-10(18-19-11(12)5-15)9-6-16-14(22)17-13(9)21/h4,6,8H,2-3,7H2,1H3,(H2,16,17,21,22)/t8-/m1/s1. The highest BCUT2D eigenvalue weighted by Gasteiger charge is 2.23. The SMILES string of the molecule is C[C@@H]1CCN(c2cc(-c3c[nH]c(=O)[nH]c3=O)nnc2C#N)C1. The molecule has 1 atom stereocenters. The van der Waals surface area contributed by atoms with E-state index in [1.165, 1.54) is 6.20 Å². The summed E-state index contributed by atoms with van der Waals surface area (Å²) in [5.74, 6) is 0.541. The van der Waals surface area contributed by atoms with Crippen LogP contribution in [0.25, 0.3) is 11.3 Å². The summed E-state index contributed by atoms with van der Waals surface area (Å²) in [6, 6.07) is 3.70. The molecule has 112 valence electrons. The molecule has 1 fully saturated rings. The van der Waals surface area contributed by atoms with Gasteiger partial charge in [-0.3, -0.25) is 9.78 Å². The lowest BCUT2D eigenvalue weighted by atomic mass is 10.1. The van der Waals surface area contributed by atoms with E-state index in [1.54, 1.807) is 6.07 Å². The van der Waals surface area contributed by atoms with E-state index in [9.17, 15) is 14.9 Å². The number of aromatic amines is 2. The van der Waals surface area contributed by atoms with E-state index in [0.717, 1.165) is 19.5 Å². The van der Waals surface area contributed by atoms with E-state index < -0.39 is 11.2 Å². The Bertz CT molecular complexity index is 863. The normalized spacial score (nSPS) is 17.5. The molecular weight excluding hydrogens is 284 g/mol. The summed E-state index contributed by atoms with van der Waals surface area (Å²) in [6.45, 7) is 3.82.